The van der Waals surface area contributed by atoms with Crippen molar-refractivity contribution >= 4 is 34.1 Å². The Labute approximate surface area is 241 Å². The molecule has 1 fully saturated rings. The number of fused-ring (bicyclic) bond motifs is 1. The van der Waals surface area contributed by atoms with E-state index in [2.05, 4.69) is 52.4 Å². The van der Waals surface area contributed by atoms with E-state index in [-0.39, 0.29) is 24.2 Å². The van der Waals surface area contributed by atoms with Crippen LogP contribution in [0.2, 0.25) is 0 Å². The molecule has 0 radical (unpaired) electrons. The van der Waals surface area contributed by atoms with E-state index in [0.29, 0.717) is 39.3 Å². The zero-order valence-electron chi connectivity index (χ0n) is 23.2. The Morgan fingerprint density at radius 1 is 1.14 bits per heavy atom. The van der Waals surface area contributed by atoms with Gasteiger partial charge in [-0.2, -0.15) is 0 Å². The van der Waals surface area contributed by atoms with Crippen molar-refractivity contribution in [1.29, 1.82) is 0 Å². The summed E-state index contributed by atoms with van der Waals surface area (Å²) in [6.45, 7) is 3.60. The van der Waals surface area contributed by atoms with Crippen molar-refractivity contribution in [3.05, 3.63) is 67.3 Å². The number of ether oxygens (including phenoxy) is 1. The number of amides is 1. The first kappa shape index (κ1) is 27.4. The van der Waals surface area contributed by atoms with Crippen LogP contribution >= 0.6 is 0 Å². The average Bonchev–Trinajstić information content (AvgIpc) is 3.69. The van der Waals surface area contributed by atoms with E-state index >= 15 is 4.39 Å². The molecule has 3 N–H and O–H groups in total. The minimum atomic E-state index is -0.579. The average molecular weight is 572 g/mol. The first-order chi connectivity index (χ1) is 20.5. The fourth-order valence-electron chi connectivity index (χ4n) is 5.01. The molecule has 1 amide bonds. The Balaban J connectivity index is 1.23. The predicted molar refractivity (Wildman–Crippen MR) is 156 cm³/mol. The first-order valence-corrected chi connectivity index (χ1v) is 13.5. The van der Waals surface area contributed by atoms with Crippen LogP contribution in [0.5, 0.6) is 0 Å². The van der Waals surface area contributed by atoms with Gasteiger partial charge in [0, 0.05) is 50.4 Å². The second kappa shape index (κ2) is 12.0. The van der Waals surface area contributed by atoms with Gasteiger partial charge in [-0.15, -0.1) is 0 Å². The molecule has 12 nitrogen and oxygen atoms in total. The third-order valence-corrected chi connectivity index (χ3v) is 7.28. The van der Waals surface area contributed by atoms with Crippen LogP contribution in [0.4, 0.5) is 21.7 Å². The Morgan fingerprint density at radius 3 is 2.74 bits per heavy atom. The zero-order valence-corrected chi connectivity index (χ0v) is 23.2. The normalized spacial score (nSPS) is 15.1. The molecule has 4 aromatic heterocycles. The van der Waals surface area contributed by atoms with Crippen molar-refractivity contribution in [1.82, 2.24) is 34.7 Å². The number of piperazine rings is 1. The second-order valence-corrected chi connectivity index (χ2v) is 10.0. The van der Waals surface area contributed by atoms with E-state index in [4.69, 9.17) is 9.15 Å². The molecule has 1 aliphatic heterocycles. The molecular weight excluding hydrogens is 541 g/mol. The van der Waals surface area contributed by atoms with Crippen LogP contribution in [-0.4, -0.2) is 93.6 Å². The second-order valence-electron chi connectivity index (χ2n) is 10.0. The number of carbonyl (C=O) groups excluding carboxylic acids is 1. The first-order valence-electron chi connectivity index (χ1n) is 13.5. The minimum Gasteiger partial charge on any atom is -0.442 e. The molecule has 0 saturated carbocycles. The lowest BCUT2D eigenvalue weighted by molar-refractivity contribution is -0.124. The summed E-state index contributed by atoms with van der Waals surface area (Å²) in [6.07, 6.45) is 7.32. The zero-order chi connectivity index (χ0) is 29.1. The number of aromatic nitrogens is 5. The lowest BCUT2D eigenvalue weighted by Gasteiger charge is -2.36. The summed E-state index contributed by atoms with van der Waals surface area (Å²) < 4.78 is 25.7. The fraction of sp³-hybridized carbons (Fsp3) is 0.276. The van der Waals surface area contributed by atoms with Crippen molar-refractivity contribution < 1.29 is 18.3 Å². The van der Waals surface area contributed by atoms with Gasteiger partial charge in [-0.3, -0.25) is 14.7 Å². The molecule has 0 bridgehead atoms. The number of anilines is 3. The fourth-order valence-corrected chi connectivity index (χ4v) is 5.01. The number of aromatic amines is 1. The molecule has 1 aliphatic rings. The Bertz CT molecular complexity index is 1670. The maximum absolute atomic E-state index is 15.1. The molecule has 5 aromatic rings. The smallest absolute Gasteiger partial charge is 0.244 e. The van der Waals surface area contributed by atoms with E-state index < -0.39 is 11.9 Å². The number of oxazole rings is 1. The number of nitrogens with zero attached hydrogens (tertiary/aromatic N) is 6. The number of H-pyrrole nitrogens is 1. The number of methoxy groups -OCH3 is 1. The maximum Gasteiger partial charge on any atom is 0.244 e. The number of rotatable bonds is 9. The van der Waals surface area contributed by atoms with Crippen LogP contribution in [0.1, 0.15) is 0 Å². The molecule has 0 aliphatic carbocycles. The number of para-hydroxylation sites is 1. The van der Waals surface area contributed by atoms with E-state index in [0.717, 1.165) is 32.4 Å². The summed E-state index contributed by atoms with van der Waals surface area (Å²) >= 11 is 0. The van der Waals surface area contributed by atoms with Crippen LogP contribution in [0.25, 0.3) is 33.6 Å². The van der Waals surface area contributed by atoms with Crippen LogP contribution < -0.4 is 10.6 Å². The SMILES string of the molecule is COCC(C(=O)Nc1cccc2c(-c3nc(Nc4ccc(-c5cnco5)nc4)ncc3F)c[nH]c12)N1CCN(C)CC1. The molecule has 42 heavy (non-hydrogen) atoms. The van der Waals surface area contributed by atoms with Gasteiger partial charge in [-0.05, 0) is 25.2 Å². The lowest BCUT2D eigenvalue weighted by atomic mass is 10.1. The summed E-state index contributed by atoms with van der Waals surface area (Å²) in [5.74, 6) is 0.0110. The van der Waals surface area contributed by atoms with Gasteiger partial charge in [0.25, 0.3) is 0 Å². The van der Waals surface area contributed by atoms with Crippen molar-refractivity contribution in [2.75, 3.05) is 57.6 Å². The highest BCUT2D eigenvalue weighted by Crippen LogP contribution is 2.33. The third-order valence-electron chi connectivity index (χ3n) is 7.28. The highest BCUT2D eigenvalue weighted by Gasteiger charge is 2.29. The van der Waals surface area contributed by atoms with Crippen LogP contribution in [0.15, 0.2) is 65.9 Å². The van der Waals surface area contributed by atoms with Gasteiger partial charge >= 0.3 is 0 Å². The lowest BCUT2D eigenvalue weighted by Crippen LogP contribution is -2.54. The number of hydrogen-bond donors (Lipinski definition) is 3. The van der Waals surface area contributed by atoms with Crippen molar-refractivity contribution in [2.45, 2.75) is 6.04 Å². The molecule has 0 spiro atoms. The topological polar surface area (TPSA) is 137 Å². The summed E-state index contributed by atoms with van der Waals surface area (Å²) in [6, 6.07) is 8.61. The predicted octanol–water partition coefficient (Wildman–Crippen LogP) is 3.76. The number of nitrogens with one attached hydrogen (secondary N) is 3. The largest absolute Gasteiger partial charge is 0.442 e. The third kappa shape index (κ3) is 5.70. The molecule has 1 unspecified atom stereocenters. The Kier molecular flexibility index (Phi) is 7.86. The number of hydrogen-bond acceptors (Lipinski definition) is 10. The van der Waals surface area contributed by atoms with Gasteiger partial charge < -0.3 is 29.7 Å². The number of likely N-dealkylation sites (N-methyl/N-ethyl adjacent to an activating group) is 1. The van der Waals surface area contributed by atoms with E-state index in [1.54, 1.807) is 37.8 Å². The number of pyridine rings is 1. The highest BCUT2D eigenvalue weighted by molar-refractivity contribution is 6.06. The maximum atomic E-state index is 15.1. The van der Waals surface area contributed by atoms with Crippen LogP contribution in [-0.2, 0) is 9.53 Å². The minimum absolute atomic E-state index is 0.114. The molecule has 1 atom stereocenters. The van der Waals surface area contributed by atoms with Crippen LogP contribution in [0, 0.1) is 5.82 Å². The number of benzene rings is 1. The quantitative estimate of drug-likeness (QED) is 0.240. The monoisotopic (exact) mass is 571 g/mol. The molecule has 5 heterocycles. The summed E-state index contributed by atoms with van der Waals surface area (Å²) in [5.41, 5.74) is 3.14. The van der Waals surface area contributed by atoms with E-state index in [9.17, 15) is 4.79 Å². The van der Waals surface area contributed by atoms with E-state index in [1.807, 2.05) is 18.2 Å². The van der Waals surface area contributed by atoms with Crippen LogP contribution in [0.3, 0.4) is 0 Å². The summed E-state index contributed by atoms with van der Waals surface area (Å²) in [7, 11) is 3.67. The molecular formula is C29H30FN9O3. The molecule has 216 valence electrons. The Morgan fingerprint density at radius 2 is 2.00 bits per heavy atom. The number of carbonyl (C=O) groups is 1. The van der Waals surface area contributed by atoms with Crippen molar-refractivity contribution in [2.24, 2.45) is 0 Å². The molecule has 6 rings (SSSR count). The summed E-state index contributed by atoms with van der Waals surface area (Å²) in [5, 5.41) is 6.83. The van der Waals surface area contributed by atoms with Gasteiger partial charge in [0.05, 0.1) is 42.1 Å². The van der Waals surface area contributed by atoms with Crippen molar-refractivity contribution in [3.8, 4) is 22.7 Å². The van der Waals surface area contributed by atoms with Crippen molar-refractivity contribution in [3.63, 3.8) is 0 Å². The standard InChI is InChI=1S/C29H30FN9O3/c1-38-8-10-39(11-9-38)24(16-41-2)28(40)36-23-5-3-4-19-20(13-33-27(19)23)26-21(30)14-34-29(37-26)35-18-6-7-22(32-12-18)25-15-31-17-42-25/h3-7,12-15,17,24,33H,8-11,16H2,1-2H3,(H,36,40)(H,34,35,37). The number of halogens is 1. The Hall–Kier alpha value is -4.72. The molecule has 1 aromatic carbocycles. The summed E-state index contributed by atoms with van der Waals surface area (Å²) in [4.78, 5) is 37.8. The van der Waals surface area contributed by atoms with Gasteiger partial charge in [-0.1, -0.05) is 12.1 Å². The molecule has 1 saturated heterocycles. The van der Waals surface area contributed by atoms with Gasteiger partial charge in [0.15, 0.2) is 18.0 Å². The van der Waals surface area contributed by atoms with Gasteiger partial charge in [0.1, 0.15) is 17.4 Å². The van der Waals surface area contributed by atoms with Gasteiger partial charge in [0.2, 0.25) is 11.9 Å². The highest BCUT2D eigenvalue weighted by atomic mass is 19.1. The molecule has 13 heteroatoms. The van der Waals surface area contributed by atoms with Gasteiger partial charge in [-0.25, -0.2) is 19.3 Å². The van der Waals surface area contributed by atoms with E-state index in [1.165, 1.54) is 6.39 Å².